The fourth-order valence-electron chi connectivity index (χ4n) is 2.86. The zero-order valence-electron chi connectivity index (χ0n) is 13.4. The molecule has 1 aliphatic rings. The van der Waals surface area contributed by atoms with Gasteiger partial charge in [-0.15, -0.1) is 0 Å². The number of benzene rings is 2. The number of rotatable bonds is 4. The molecule has 0 saturated carbocycles. The van der Waals surface area contributed by atoms with Crippen LogP contribution in [0.4, 0.5) is 0 Å². The van der Waals surface area contributed by atoms with Crippen LogP contribution >= 0.6 is 0 Å². The molecule has 1 aliphatic heterocycles. The maximum atomic E-state index is 6.04. The fraction of sp³-hybridized carbons (Fsp3) is 0.400. The van der Waals surface area contributed by atoms with Crippen LogP contribution in [0.15, 0.2) is 48.5 Å². The summed E-state index contributed by atoms with van der Waals surface area (Å²) in [5.74, 6) is 0. The van der Waals surface area contributed by atoms with Gasteiger partial charge in [0.1, 0.15) is 12.2 Å². The lowest BCUT2D eigenvalue weighted by atomic mass is 10.0. The van der Waals surface area contributed by atoms with Crippen LogP contribution in [0.3, 0.4) is 0 Å². The number of ether oxygens (including phenoxy) is 2. The molecule has 2 atom stereocenters. The Morgan fingerprint density at radius 2 is 1.32 bits per heavy atom. The quantitative estimate of drug-likeness (QED) is 0.808. The van der Waals surface area contributed by atoms with Gasteiger partial charge < -0.3 is 9.47 Å². The highest BCUT2D eigenvalue weighted by Crippen LogP contribution is 2.30. The third kappa shape index (κ3) is 3.57. The minimum absolute atomic E-state index is 0.0521. The van der Waals surface area contributed by atoms with Crippen molar-refractivity contribution in [3.63, 3.8) is 0 Å². The summed E-state index contributed by atoms with van der Waals surface area (Å²) < 4.78 is 12.1. The molecule has 1 saturated heterocycles. The van der Waals surface area contributed by atoms with Gasteiger partial charge in [0.15, 0.2) is 0 Å². The lowest BCUT2D eigenvalue weighted by Gasteiger charge is -2.30. The summed E-state index contributed by atoms with van der Waals surface area (Å²) >= 11 is 0. The van der Waals surface area contributed by atoms with Gasteiger partial charge in [-0.25, -0.2) is 0 Å². The molecule has 22 heavy (non-hydrogen) atoms. The van der Waals surface area contributed by atoms with E-state index in [2.05, 4.69) is 62.4 Å². The van der Waals surface area contributed by atoms with Gasteiger partial charge in [-0.3, -0.25) is 0 Å². The lowest BCUT2D eigenvalue weighted by Crippen LogP contribution is -2.25. The minimum atomic E-state index is 0.0521. The third-order valence-electron chi connectivity index (χ3n) is 4.24. The van der Waals surface area contributed by atoms with E-state index in [1.807, 2.05) is 0 Å². The molecule has 0 unspecified atom stereocenters. The number of hydrogen-bond donors (Lipinski definition) is 0. The summed E-state index contributed by atoms with van der Waals surface area (Å²) in [5.41, 5.74) is 5.07. The van der Waals surface area contributed by atoms with E-state index in [9.17, 15) is 0 Å². The topological polar surface area (TPSA) is 18.5 Å². The van der Waals surface area contributed by atoms with E-state index < -0.39 is 0 Å². The van der Waals surface area contributed by atoms with Crippen LogP contribution in [-0.4, -0.2) is 13.2 Å². The smallest absolute Gasteiger partial charge is 0.106 e. The molecule has 0 aromatic heterocycles. The van der Waals surface area contributed by atoms with Crippen LogP contribution < -0.4 is 0 Å². The van der Waals surface area contributed by atoms with E-state index >= 15 is 0 Å². The monoisotopic (exact) mass is 296 g/mol. The molecule has 2 nitrogen and oxygen atoms in total. The molecule has 0 spiro atoms. The summed E-state index contributed by atoms with van der Waals surface area (Å²) in [6.07, 6.45) is 2.42. The Morgan fingerprint density at radius 1 is 0.818 bits per heavy atom. The van der Waals surface area contributed by atoms with Gasteiger partial charge in [0.25, 0.3) is 0 Å². The number of aryl methyl sites for hydroxylation is 2. The van der Waals surface area contributed by atoms with E-state index in [0.29, 0.717) is 13.2 Å². The second-order valence-corrected chi connectivity index (χ2v) is 6.05. The molecule has 1 fully saturated rings. The van der Waals surface area contributed by atoms with Gasteiger partial charge in [-0.2, -0.15) is 0 Å². The highest BCUT2D eigenvalue weighted by atomic mass is 16.6. The van der Waals surface area contributed by atoms with Gasteiger partial charge in [0, 0.05) is 0 Å². The van der Waals surface area contributed by atoms with Crippen molar-refractivity contribution in [1.82, 2.24) is 0 Å². The first-order valence-corrected chi connectivity index (χ1v) is 8.15. The normalized spacial score (nSPS) is 21.7. The highest BCUT2D eigenvalue weighted by Gasteiger charge is 2.24. The van der Waals surface area contributed by atoms with Crippen molar-refractivity contribution in [2.45, 2.75) is 38.9 Å². The molecule has 2 aromatic carbocycles. The van der Waals surface area contributed by atoms with Gasteiger partial charge >= 0.3 is 0 Å². The highest BCUT2D eigenvalue weighted by molar-refractivity contribution is 5.26. The third-order valence-corrected chi connectivity index (χ3v) is 4.24. The van der Waals surface area contributed by atoms with Gasteiger partial charge in [-0.05, 0) is 30.0 Å². The number of hydrogen-bond acceptors (Lipinski definition) is 2. The van der Waals surface area contributed by atoms with E-state index in [0.717, 1.165) is 6.42 Å². The summed E-state index contributed by atoms with van der Waals surface area (Å²) in [6, 6.07) is 17.2. The molecule has 0 aliphatic carbocycles. The molecular formula is C20H24O2. The fourth-order valence-corrected chi connectivity index (χ4v) is 2.86. The first kappa shape index (κ1) is 15.3. The van der Waals surface area contributed by atoms with Crippen molar-refractivity contribution in [1.29, 1.82) is 0 Å². The molecule has 2 aromatic rings. The minimum Gasteiger partial charge on any atom is -0.368 e. The van der Waals surface area contributed by atoms with Crippen LogP contribution in [0.2, 0.25) is 0 Å². The maximum absolute atomic E-state index is 6.04. The molecule has 2 heteroatoms. The molecule has 116 valence electrons. The molecule has 0 radical (unpaired) electrons. The van der Waals surface area contributed by atoms with Crippen molar-refractivity contribution in [3.8, 4) is 0 Å². The average molecular weight is 296 g/mol. The summed E-state index contributed by atoms with van der Waals surface area (Å²) in [5, 5.41) is 0. The van der Waals surface area contributed by atoms with Crippen molar-refractivity contribution in [2.75, 3.05) is 13.2 Å². The predicted octanol–water partition coefficient (Wildman–Crippen LogP) is 4.78. The van der Waals surface area contributed by atoms with Gasteiger partial charge in [0.2, 0.25) is 0 Å². The SMILES string of the molecule is CCCc1ccc([C@H]2CO[C@H](c3ccc(C)cc3)CO2)cc1. The zero-order valence-corrected chi connectivity index (χ0v) is 13.4. The van der Waals surface area contributed by atoms with Crippen LogP contribution in [0, 0.1) is 6.92 Å². The predicted molar refractivity (Wildman–Crippen MR) is 89.0 cm³/mol. The first-order chi connectivity index (χ1) is 10.8. The summed E-state index contributed by atoms with van der Waals surface area (Å²) in [4.78, 5) is 0. The average Bonchev–Trinajstić information content (AvgIpc) is 2.57. The van der Waals surface area contributed by atoms with Crippen molar-refractivity contribution in [3.05, 3.63) is 70.8 Å². The van der Waals surface area contributed by atoms with E-state index in [4.69, 9.17) is 9.47 Å². The Hall–Kier alpha value is -1.64. The van der Waals surface area contributed by atoms with Crippen molar-refractivity contribution >= 4 is 0 Å². The Morgan fingerprint density at radius 3 is 1.77 bits per heavy atom. The van der Waals surface area contributed by atoms with Crippen LogP contribution in [0.1, 0.15) is 47.8 Å². The van der Waals surface area contributed by atoms with Crippen LogP contribution in [0.25, 0.3) is 0 Å². The second kappa shape index (κ2) is 7.08. The van der Waals surface area contributed by atoms with E-state index in [1.165, 1.54) is 28.7 Å². The second-order valence-electron chi connectivity index (χ2n) is 6.05. The molecule has 3 rings (SSSR count). The molecule has 0 bridgehead atoms. The largest absolute Gasteiger partial charge is 0.368 e. The maximum Gasteiger partial charge on any atom is 0.106 e. The molecule has 0 N–H and O–H groups in total. The van der Waals surface area contributed by atoms with E-state index in [-0.39, 0.29) is 12.2 Å². The van der Waals surface area contributed by atoms with Gasteiger partial charge in [-0.1, -0.05) is 67.4 Å². The Kier molecular flexibility index (Phi) is 4.91. The van der Waals surface area contributed by atoms with Crippen LogP contribution in [0.5, 0.6) is 0 Å². The molecule has 1 heterocycles. The molecular weight excluding hydrogens is 272 g/mol. The first-order valence-electron chi connectivity index (χ1n) is 8.15. The summed E-state index contributed by atoms with van der Waals surface area (Å²) in [6.45, 7) is 5.54. The van der Waals surface area contributed by atoms with Crippen molar-refractivity contribution < 1.29 is 9.47 Å². The van der Waals surface area contributed by atoms with Crippen LogP contribution in [-0.2, 0) is 15.9 Å². The zero-order chi connectivity index (χ0) is 15.4. The van der Waals surface area contributed by atoms with Crippen molar-refractivity contribution in [2.24, 2.45) is 0 Å². The Balaban J connectivity index is 1.60. The molecule has 0 amide bonds. The van der Waals surface area contributed by atoms with Gasteiger partial charge in [0.05, 0.1) is 13.2 Å². The standard InChI is InChI=1S/C20H24O2/c1-3-4-16-7-11-18(12-8-16)20-14-21-19(13-22-20)17-9-5-15(2)6-10-17/h5-12,19-20H,3-4,13-14H2,1-2H3/t19-,20+/m0/s1. The lowest BCUT2D eigenvalue weighted by molar-refractivity contribution is -0.137. The Labute approximate surface area is 133 Å². The Bertz CT molecular complexity index is 578. The van der Waals surface area contributed by atoms with E-state index in [1.54, 1.807) is 0 Å². The summed E-state index contributed by atoms with van der Waals surface area (Å²) in [7, 11) is 0.